The second-order valence-electron chi connectivity index (χ2n) is 11.5. The standard InChI is InChI=1S/C27H30O5S/c1-15-11-20-19-7-6-16-12-18(28)8-9-24(16,2)26(19)14-17(26)13-25(20,3)27(15,23(30)33)32-22(29)21-5-4-10-31-21/h4-5,8-10,12,15,17,19-20H,6-7,11,13-14H2,1-3H3,(H,30,33)/t15-,17-,19?,20?,24+,25+,26-,27+/m1/s1. The van der Waals surface area contributed by atoms with Crippen LogP contribution < -0.4 is 0 Å². The van der Waals surface area contributed by atoms with Gasteiger partial charge in [-0.05, 0) is 79.6 Å². The zero-order valence-corrected chi connectivity index (χ0v) is 20.2. The van der Waals surface area contributed by atoms with E-state index in [9.17, 15) is 14.4 Å². The zero-order valence-electron chi connectivity index (χ0n) is 19.3. The summed E-state index contributed by atoms with van der Waals surface area (Å²) in [5.74, 6) is 0.551. The topological polar surface area (TPSA) is 73.6 Å². The molecule has 0 saturated heterocycles. The van der Waals surface area contributed by atoms with E-state index < -0.39 is 17.0 Å². The normalized spacial score (nSPS) is 47.0. The quantitative estimate of drug-likeness (QED) is 0.490. The maximum absolute atomic E-state index is 13.2. The minimum absolute atomic E-state index is 0.0918. The van der Waals surface area contributed by atoms with Crippen LogP contribution in [0.2, 0.25) is 0 Å². The van der Waals surface area contributed by atoms with E-state index in [4.69, 9.17) is 9.15 Å². The summed E-state index contributed by atoms with van der Waals surface area (Å²) in [6, 6.07) is 3.21. The molecule has 0 aromatic carbocycles. The molecule has 6 heteroatoms. The molecule has 1 heterocycles. The Balaban J connectivity index is 1.42. The van der Waals surface area contributed by atoms with Crippen molar-refractivity contribution < 1.29 is 23.5 Å². The van der Waals surface area contributed by atoms with Gasteiger partial charge in [0, 0.05) is 16.7 Å². The van der Waals surface area contributed by atoms with Crippen molar-refractivity contribution in [3.63, 3.8) is 0 Å². The fourth-order valence-corrected chi connectivity index (χ4v) is 9.62. The van der Waals surface area contributed by atoms with Gasteiger partial charge in [0.2, 0.25) is 10.9 Å². The van der Waals surface area contributed by atoms with Gasteiger partial charge in [-0.1, -0.05) is 32.4 Å². The molecule has 0 aliphatic heterocycles. The van der Waals surface area contributed by atoms with E-state index in [0.717, 1.165) is 32.1 Å². The van der Waals surface area contributed by atoms with E-state index in [-0.39, 0.29) is 39.3 Å². The third-order valence-electron chi connectivity index (χ3n) is 10.5. The van der Waals surface area contributed by atoms with Crippen molar-refractivity contribution in [1.82, 2.24) is 0 Å². The number of esters is 1. The smallest absolute Gasteiger partial charge is 0.375 e. The summed E-state index contributed by atoms with van der Waals surface area (Å²) in [5, 5.41) is -0.362. The molecule has 5 aliphatic rings. The minimum Gasteiger partial charge on any atom is -0.457 e. The fraction of sp³-hybridized carbons (Fsp3) is 0.593. The molecule has 0 bridgehead atoms. The molecule has 5 nitrogen and oxygen atoms in total. The van der Waals surface area contributed by atoms with Crippen LogP contribution >= 0.6 is 12.6 Å². The van der Waals surface area contributed by atoms with Gasteiger partial charge in [0.05, 0.1) is 6.26 Å². The van der Waals surface area contributed by atoms with Crippen LogP contribution in [-0.4, -0.2) is 22.5 Å². The number of fused-ring (bicyclic) bond motifs is 3. The van der Waals surface area contributed by atoms with E-state index in [0.29, 0.717) is 11.8 Å². The molecule has 174 valence electrons. The van der Waals surface area contributed by atoms with Gasteiger partial charge >= 0.3 is 5.97 Å². The van der Waals surface area contributed by atoms with Crippen molar-refractivity contribution in [2.45, 2.75) is 58.5 Å². The summed E-state index contributed by atoms with van der Waals surface area (Å²) in [6.45, 7) is 6.49. The number of allylic oxidation sites excluding steroid dienone is 4. The van der Waals surface area contributed by atoms with Crippen molar-refractivity contribution in [2.75, 3.05) is 0 Å². The minimum atomic E-state index is -1.28. The Hall–Kier alpha value is -2.08. The largest absolute Gasteiger partial charge is 0.457 e. The molecular formula is C27H30O5S. The molecule has 0 N–H and O–H groups in total. The van der Waals surface area contributed by atoms with Crippen molar-refractivity contribution in [3.05, 3.63) is 48.0 Å². The Morgan fingerprint density at radius 1 is 1.21 bits per heavy atom. The van der Waals surface area contributed by atoms with Crippen LogP contribution in [0, 0.1) is 39.9 Å². The first kappa shape index (κ1) is 21.5. The van der Waals surface area contributed by atoms with Crippen LogP contribution in [0.15, 0.2) is 46.6 Å². The lowest BCUT2D eigenvalue weighted by molar-refractivity contribution is -0.160. The molecule has 1 aromatic rings. The summed E-state index contributed by atoms with van der Waals surface area (Å²) in [5.41, 5.74) is -0.494. The maximum Gasteiger partial charge on any atom is 0.375 e. The first-order valence-electron chi connectivity index (χ1n) is 12.0. The number of carbonyl (C=O) groups is 3. The number of ketones is 1. The number of hydrogen-bond donors (Lipinski definition) is 1. The number of thiol groups is 1. The fourth-order valence-electron chi connectivity index (χ4n) is 9.09. The van der Waals surface area contributed by atoms with Crippen LogP contribution in [0.1, 0.15) is 63.4 Å². The lowest BCUT2D eigenvalue weighted by atomic mass is 9.46. The molecule has 5 aliphatic carbocycles. The van der Waals surface area contributed by atoms with E-state index >= 15 is 0 Å². The van der Waals surface area contributed by atoms with Gasteiger partial charge < -0.3 is 9.15 Å². The zero-order chi connectivity index (χ0) is 23.4. The molecule has 1 spiro atoms. The average molecular weight is 467 g/mol. The molecule has 0 amide bonds. The molecule has 0 radical (unpaired) electrons. The van der Waals surface area contributed by atoms with E-state index in [1.54, 1.807) is 18.2 Å². The van der Waals surface area contributed by atoms with Gasteiger partial charge in [-0.15, -0.1) is 12.6 Å². The van der Waals surface area contributed by atoms with Crippen molar-refractivity contribution in [2.24, 2.45) is 39.9 Å². The second kappa shape index (κ2) is 6.53. The number of rotatable bonds is 3. The maximum atomic E-state index is 13.2. The van der Waals surface area contributed by atoms with E-state index in [1.807, 2.05) is 13.0 Å². The Kier molecular flexibility index (Phi) is 4.24. The Morgan fingerprint density at radius 3 is 2.70 bits per heavy atom. The Bertz CT molecular complexity index is 1130. The summed E-state index contributed by atoms with van der Waals surface area (Å²) < 4.78 is 11.4. The molecule has 8 atom stereocenters. The highest BCUT2D eigenvalue weighted by molar-refractivity contribution is 7.96. The Morgan fingerprint density at radius 2 is 2.00 bits per heavy atom. The first-order chi connectivity index (χ1) is 15.6. The summed E-state index contributed by atoms with van der Waals surface area (Å²) in [6.07, 6.45) is 11.8. The lowest BCUT2D eigenvalue weighted by Crippen LogP contribution is -2.60. The van der Waals surface area contributed by atoms with E-state index in [1.165, 1.54) is 11.8 Å². The number of ether oxygens (including phenoxy) is 1. The van der Waals surface area contributed by atoms with Crippen LogP contribution in [0.3, 0.4) is 0 Å². The molecule has 1 aromatic heterocycles. The molecule has 2 unspecified atom stereocenters. The average Bonchev–Trinajstić information content (AvgIpc) is 3.14. The molecular weight excluding hydrogens is 436 g/mol. The first-order valence-corrected chi connectivity index (χ1v) is 12.5. The van der Waals surface area contributed by atoms with Gasteiger partial charge in [-0.2, -0.15) is 0 Å². The van der Waals surface area contributed by atoms with Crippen LogP contribution in [0.5, 0.6) is 0 Å². The predicted molar refractivity (Wildman–Crippen MR) is 124 cm³/mol. The monoisotopic (exact) mass is 466 g/mol. The third-order valence-corrected chi connectivity index (χ3v) is 10.8. The molecule has 4 saturated carbocycles. The van der Waals surface area contributed by atoms with E-state index in [2.05, 4.69) is 32.6 Å². The van der Waals surface area contributed by atoms with Crippen molar-refractivity contribution in [3.8, 4) is 0 Å². The highest BCUT2D eigenvalue weighted by atomic mass is 32.1. The summed E-state index contributed by atoms with van der Waals surface area (Å²) >= 11 is 4.34. The van der Waals surface area contributed by atoms with Gasteiger partial charge in [0.15, 0.2) is 11.4 Å². The molecule has 4 fully saturated rings. The van der Waals surface area contributed by atoms with Crippen LogP contribution in [0.25, 0.3) is 0 Å². The summed E-state index contributed by atoms with van der Waals surface area (Å²) in [4.78, 5) is 38.4. The lowest BCUT2D eigenvalue weighted by Gasteiger charge is -2.58. The number of furan rings is 1. The van der Waals surface area contributed by atoms with Crippen molar-refractivity contribution >= 4 is 29.5 Å². The second-order valence-corrected chi connectivity index (χ2v) is 11.9. The van der Waals surface area contributed by atoms with Crippen molar-refractivity contribution in [1.29, 1.82) is 0 Å². The van der Waals surface area contributed by atoms with Crippen LogP contribution in [0.4, 0.5) is 0 Å². The Labute approximate surface area is 199 Å². The highest BCUT2D eigenvalue weighted by Gasteiger charge is 2.81. The van der Waals surface area contributed by atoms with Gasteiger partial charge in [-0.25, -0.2) is 4.79 Å². The van der Waals surface area contributed by atoms with Gasteiger partial charge in [-0.3, -0.25) is 9.59 Å². The number of hydrogen-bond acceptors (Lipinski definition) is 5. The SMILES string of the molecule is C[C@@H]1CC2C3CCC4=CC(=O)C=C[C@]4(C)[C@@]34C[C@H]4C[C@]2(C)[C@@]1(OC(=O)c1ccco1)C(=O)S. The highest BCUT2D eigenvalue weighted by Crippen LogP contribution is 2.84. The van der Waals surface area contributed by atoms with Crippen LogP contribution in [-0.2, 0) is 14.3 Å². The third kappa shape index (κ3) is 2.38. The summed E-state index contributed by atoms with van der Waals surface area (Å²) in [7, 11) is 0. The predicted octanol–water partition coefficient (Wildman–Crippen LogP) is 5.19. The number of carbonyl (C=O) groups excluding carboxylic acids is 3. The van der Waals surface area contributed by atoms with Gasteiger partial charge in [0.1, 0.15) is 0 Å². The molecule has 33 heavy (non-hydrogen) atoms. The van der Waals surface area contributed by atoms with Gasteiger partial charge in [0.25, 0.3) is 0 Å². The molecule has 6 rings (SSSR count).